The number of carbonyl (C=O) groups excluding carboxylic acids is 1. The number of nitrogens with one attached hydrogen (secondary N) is 1. The van der Waals surface area contributed by atoms with Crippen molar-refractivity contribution in [2.45, 2.75) is 32.0 Å². The highest BCUT2D eigenvalue weighted by atomic mass is 19.4. The largest absolute Gasteiger partial charge is 0.433 e. The second-order valence-corrected chi connectivity index (χ2v) is 4.37. The van der Waals surface area contributed by atoms with Crippen LogP contribution in [0.3, 0.4) is 0 Å². The highest BCUT2D eigenvalue weighted by Gasteiger charge is 2.33. The minimum atomic E-state index is -4.59. The van der Waals surface area contributed by atoms with Gasteiger partial charge in [-0.1, -0.05) is 0 Å². The lowest BCUT2D eigenvalue weighted by molar-refractivity contribution is -0.141. The number of halogens is 3. The molecule has 1 rings (SSSR count). The molecule has 1 amide bonds. The van der Waals surface area contributed by atoms with E-state index in [0.717, 1.165) is 6.07 Å². The van der Waals surface area contributed by atoms with Gasteiger partial charge in [0.25, 0.3) is 5.91 Å². The van der Waals surface area contributed by atoms with Gasteiger partial charge in [-0.25, -0.2) is 4.98 Å². The number of anilines is 1. The zero-order valence-electron chi connectivity index (χ0n) is 10.9. The highest BCUT2D eigenvalue weighted by Crippen LogP contribution is 2.29. The van der Waals surface area contributed by atoms with Crippen molar-refractivity contribution in [1.82, 2.24) is 4.98 Å². The summed E-state index contributed by atoms with van der Waals surface area (Å²) in [4.78, 5) is 14.5. The van der Waals surface area contributed by atoms with Crippen molar-refractivity contribution in [2.75, 3.05) is 11.9 Å². The van der Waals surface area contributed by atoms with Crippen molar-refractivity contribution < 1.29 is 23.1 Å². The fraction of sp³-hybridized carbons (Fsp3) is 0.500. The molecule has 4 N–H and O–H groups in total. The molecule has 0 saturated heterocycles. The average Bonchev–Trinajstić information content (AvgIpc) is 2.32. The summed E-state index contributed by atoms with van der Waals surface area (Å²) in [5.74, 6) is -1.05. The lowest BCUT2D eigenvalue weighted by Gasteiger charge is -2.13. The number of nitrogens with zero attached hydrogens (tertiary/aromatic N) is 1. The van der Waals surface area contributed by atoms with Gasteiger partial charge < -0.3 is 16.2 Å². The zero-order chi connectivity index (χ0) is 15.3. The molecule has 20 heavy (non-hydrogen) atoms. The molecule has 0 aliphatic carbocycles. The van der Waals surface area contributed by atoms with Crippen molar-refractivity contribution in [2.24, 2.45) is 5.73 Å². The van der Waals surface area contributed by atoms with Crippen LogP contribution in [0, 0.1) is 0 Å². The number of carbonyl (C=O) groups is 1. The summed E-state index contributed by atoms with van der Waals surface area (Å²) in [6, 6.07) is 1.70. The molecule has 0 spiro atoms. The predicted molar refractivity (Wildman–Crippen MR) is 67.2 cm³/mol. The molecule has 112 valence electrons. The Bertz CT molecular complexity index is 476. The van der Waals surface area contributed by atoms with E-state index in [2.05, 4.69) is 10.3 Å². The monoisotopic (exact) mass is 291 g/mol. The Balaban J connectivity index is 2.87. The third-order valence-corrected chi connectivity index (χ3v) is 2.54. The van der Waals surface area contributed by atoms with E-state index in [1.807, 2.05) is 0 Å². The number of hydrogen-bond acceptors (Lipinski definition) is 4. The van der Waals surface area contributed by atoms with Crippen LogP contribution >= 0.6 is 0 Å². The van der Waals surface area contributed by atoms with Gasteiger partial charge in [-0.05, 0) is 31.9 Å². The van der Waals surface area contributed by atoms with Crippen LogP contribution in [-0.4, -0.2) is 28.6 Å². The number of hydrogen-bond donors (Lipinski definition) is 3. The van der Waals surface area contributed by atoms with Crippen molar-refractivity contribution >= 4 is 11.7 Å². The quantitative estimate of drug-likeness (QED) is 0.697. The summed E-state index contributed by atoms with van der Waals surface area (Å²) in [5.41, 5.74) is 3.89. The molecule has 0 aromatic carbocycles. The van der Waals surface area contributed by atoms with E-state index in [0.29, 0.717) is 18.9 Å². The number of aromatic nitrogens is 1. The summed E-state index contributed by atoms with van der Waals surface area (Å²) < 4.78 is 37.7. The molecular weight excluding hydrogens is 275 g/mol. The SMILES string of the molecule is CC(O)CCCNc1nc(C(F)(F)F)ccc1C(N)=O. The first-order valence-electron chi connectivity index (χ1n) is 6.01. The average molecular weight is 291 g/mol. The summed E-state index contributed by atoms with van der Waals surface area (Å²) in [7, 11) is 0. The van der Waals surface area contributed by atoms with Gasteiger partial charge >= 0.3 is 6.18 Å². The molecule has 1 aromatic heterocycles. The minimum Gasteiger partial charge on any atom is -0.393 e. The molecule has 1 unspecified atom stereocenters. The van der Waals surface area contributed by atoms with Crippen LogP contribution in [0.4, 0.5) is 19.0 Å². The first kappa shape index (κ1) is 16.2. The van der Waals surface area contributed by atoms with E-state index in [-0.39, 0.29) is 17.9 Å². The maximum Gasteiger partial charge on any atom is 0.433 e. The van der Waals surface area contributed by atoms with E-state index >= 15 is 0 Å². The number of aliphatic hydroxyl groups is 1. The smallest absolute Gasteiger partial charge is 0.393 e. The van der Waals surface area contributed by atoms with Crippen LogP contribution in [0.15, 0.2) is 12.1 Å². The highest BCUT2D eigenvalue weighted by molar-refractivity contribution is 5.97. The van der Waals surface area contributed by atoms with Crippen LogP contribution in [0.5, 0.6) is 0 Å². The Morgan fingerprint density at radius 3 is 2.65 bits per heavy atom. The van der Waals surface area contributed by atoms with Crippen LogP contribution in [0.2, 0.25) is 0 Å². The van der Waals surface area contributed by atoms with Gasteiger partial charge in [-0.15, -0.1) is 0 Å². The van der Waals surface area contributed by atoms with Gasteiger partial charge in [0.05, 0.1) is 11.7 Å². The minimum absolute atomic E-state index is 0.102. The van der Waals surface area contributed by atoms with Gasteiger partial charge in [-0.3, -0.25) is 4.79 Å². The number of aliphatic hydroxyl groups excluding tert-OH is 1. The van der Waals surface area contributed by atoms with Gasteiger partial charge in [0.15, 0.2) is 0 Å². The number of primary amides is 1. The van der Waals surface area contributed by atoms with Crippen LogP contribution in [-0.2, 0) is 6.18 Å². The molecule has 0 radical (unpaired) electrons. The Labute approximate surface area is 114 Å². The molecule has 0 saturated carbocycles. The third-order valence-electron chi connectivity index (χ3n) is 2.54. The van der Waals surface area contributed by atoms with Crippen molar-refractivity contribution in [3.8, 4) is 0 Å². The summed E-state index contributed by atoms with van der Waals surface area (Å²) in [6.45, 7) is 1.89. The molecule has 0 aliphatic heterocycles. The van der Waals surface area contributed by atoms with Gasteiger partial charge in [0, 0.05) is 6.54 Å². The Morgan fingerprint density at radius 2 is 2.15 bits per heavy atom. The van der Waals surface area contributed by atoms with E-state index in [9.17, 15) is 18.0 Å². The van der Waals surface area contributed by atoms with E-state index in [1.165, 1.54) is 0 Å². The Morgan fingerprint density at radius 1 is 1.50 bits per heavy atom. The van der Waals surface area contributed by atoms with Gasteiger partial charge in [-0.2, -0.15) is 13.2 Å². The molecule has 1 aromatic rings. The second kappa shape index (κ2) is 6.56. The molecule has 5 nitrogen and oxygen atoms in total. The van der Waals surface area contributed by atoms with Crippen molar-refractivity contribution in [3.63, 3.8) is 0 Å². The Hall–Kier alpha value is -1.83. The fourth-order valence-electron chi connectivity index (χ4n) is 1.55. The lowest BCUT2D eigenvalue weighted by atomic mass is 10.2. The van der Waals surface area contributed by atoms with Crippen LogP contribution in [0.25, 0.3) is 0 Å². The van der Waals surface area contributed by atoms with Crippen LogP contribution in [0.1, 0.15) is 35.8 Å². The molecule has 8 heteroatoms. The van der Waals surface area contributed by atoms with E-state index in [1.54, 1.807) is 6.92 Å². The topological polar surface area (TPSA) is 88.2 Å². The van der Waals surface area contributed by atoms with Crippen LogP contribution < -0.4 is 11.1 Å². The number of rotatable bonds is 6. The summed E-state index contributed by atoms with van der Waals surface area (Å²) in [5, 5.41) is 11.7. The van der Waals surface area contributed by atoms with Gasteiger partial charge in [0.1, 0.15) is 11.5 Å². The molecular formula is C12H16F3N3O2. The van der Waals surface area contributed by atoms with Crippen molar-refractivity contribution in [1.29, 1.82) is 0 Å². The summed E-state index contributed by atoms with van der Waals surface area (Å²) in [6.07, 6.45) is -4.08. The fourth-order valence-corrected chi connectivity index (χ4v) is 1.55. The summed E-state index contributed by atoms with van der Waals surface area (Å²) >= 11 is 0. The normalized spacial score (nSPS) is 13.1. The Kier molecular flexibility index (Phi) is 5.32. The predicted octanol–water partition coefficient (Wildman–Crippen LogP) is 1.77. The molecule has 1 heterocycles. The third kappa shape index (κ3) is 4.69. The standard InChI is InChI=1S/C12H16F3N3O2/c1-7(19)3-2-6-17-11-8(10(16)20)4-5-9(18-11)12(13,14)15/h4-5,7,19H,2-3,6H2,1H3,(H2,16,20)(H,17,18). The number of alkyl halides is 3. The molecule has 1 atom stereocenters. The first-order chi connectivity index (χ1) is 9.21. The van der Waals surface area contributed by atoms with E-state index < -0.39 is 23.9 Å². The van der Waals surface area contributed by atoms with Gasteiger partial charge in [0.2, 0.25) is 0 Å². The lowest BCUT2D eigenvalue weighted by Crippen LogP contribution is -2.19. The maximum atomic E-state index is 12.6. The molecule has 0 bridgehead atoms. The number of amides is 1. The first-order valence-corrected chi connectivity index (χ1v) is 6.01. The molecule has 0 aliphatic rings. The second-order valence-electron chi connectivity index (χ2n) is 4.37. The van der Waals surface area contributed by atoms with E-state index in [4.69, 9.17) is 10.8 Å². The van der Waals surface area contributed by atoms with Crippen molar-refractivity contribution in [3.05, 3.63) is 23.4 Å². The number of nitrogens with two attached hydrogens (primary N) is 1. The maximum absolute atomic E-state index is 12.6. The number of pyridine rings is 1. The zero-order valence-corrected chi connectivity index (χ0v) is 10.9. The molecule has 0 fully saturated rings.